The van der Waals surface area contributed by atoms with E-state index < -0.39 is 5.60 Å². The van der Waals surface area contributed by atoms with Gasteiger partial charge in [0.15, 0.2) is 0 Å². The van der Waals surface area contributed by atoms with Crippen LogP contribution in [0.5, 0.6) is 0 Å². The minimum absolute atomic E-state index is 0.109. The number of benzene rings is 1. The summed E-state index contributed by atoms with van der Waals surface area (Å²) in [7, 11) is 0. The van der Waals surface area contributed by atoms with E-state index >= 15 is 0 Å². The second-order valence-corrected chi connectivity index (χ2v) is 8.06. The molecule has 3 unspecified atom stereocenters. The molecule has 0 radical (unpaired) electrons. The highest BCUT2D eigenvalue weighted by molar-refractivity contribution is 5.16. The zero-order valence-corrected chi connectivity index (χ0v) is 15.1. The second kappa shape index (κ2) is 7.55. The molecule has 2 N–H and O–H groups in total. The molecule has 1 aromatic carbocycles. The number of rotatable bonds is 7. The Morgan fingerprint density at radius 1 is 1.21 bits per heavy atom. The average molecular weight is 332 g/mol. The molecule has 1 saturated heterocycles. The molecule has 3 atom stereocenters. The lowest BCUT2D eigenvalue weighted by molar-refractivity contribution is -0.216. The number of likely N-dealkylation sites (tertiary alicyclic amines) is 1. The number of nitrogens with zero attached hydrogens (tertiary/aromatic N) is 1. The van der Waals surface area contributed by atoms with Gasteiger partial charge in [-0.15, -0.1) is 0 Å². The van der Waals surface area contributed by atoms with Gasteiger partial charge in [0.05, 0.1) is 12.2 Å². The standard InChI is InChI=1S/C21H33NO2/c1-2-3-7-13-21(24)19-11-8-12-20(21,17-23)16-22(15-19)14-18-9-5-4-6-10-18/h4-6,9-10,19,23-24H,2-3,7-8,11-17H2,1H3. The molecule has 134 valence electrons. The summed E-state index contributed by atoms with van der Waals surface area (Å²) in [5, 5.41) is 21.9. The average Bonchev–Trinajstić information content (AvgIpc) is 2.57. The Kier molecular flexibility index (Phi) is 5.63. The zero-order valence-electron chi connectivity index (χ0n) is 15.1. The molecule has 0 spiro atoms. The number of aliphatic hydroxyl groups excluding tert-OH is 1. The molecule has 1 aromatic rings. The molecule has 1 aliphatic heterocycles. The molecule has 1 heterocycles. The van der Waals surface area contributed by atoms with E-state index in [1.54, 1.807) is 0 Å². The van der Waals surface area contributed by atoms with Gasteiger partial charge in [-0.05, 0) is 24.8 Å². The van der Waals surface area contributed by atoms with Crippen LogP contribution in [0.4, 0.5) is 0 Å². The number of aliphatic hydroxyl groups is 2. The maximum Gasteiger partial charge on any atom is 0.0778 e. The van der Waals surface area contributed by atoms with E-state index in [1.165, 1.54) is 18.4 Å². The fourth-order valence-electron chi connectivity index (χ4n) is 5.18. The maximum absolute atomic E-state index is 11.6. The third-order valence-electron chi connectivity index (χ3n) is 6.52. The Morgan fingerprint density at radius 3 is 2.71 bits per heavy atom. The summed E-state index contributed by atoms with van der Waals surface area (Å²) < 4.78 is 0. The van der Waals surface area contributed by atoms with E-state index in [1.807, 2.05) is 0 Å². The summed E-state index contributed by atoms with van der Waals surface area (Å²) >= 11 is 0. The highest BCUT2D eigenvalue weighted by atomic mass is 16.3. The second-order valence-electron chi connectivity index (χ2n) is 8.06. The van der Waals surface area contributed by atoms with Gasteiger partial charge in [0, 0.05) is 31.0 Å². The fourth-order valence-corrected chi connectivity index (χ4v) is 5.18. The summed E-state index contributed by atoms with van der Waals surface area (Å²) in [6, 6.07) is 10.6. The normalized spacial score (nSPS) is 33.5. The molecule has 3 nitrogen and oxygen atoms in total. The summed E-state index contributed by atoms with van der Waals surface area (Å²) in [5.41, 5.74) is 0.305. The van der Waals surface area contributed by atoms with Crippen LogP contribution in [0.2, 0.25) is 0 Å². The lowest BCUT2D eigenvalue weighted by Crippen LogP contribution is -2.68. The summed E-state index contributed by atoms with van der Waals surface area (Å²) in [6.45, 7) is 5.01. The predicted molar refractivity (Wildman–Crippen MR) is 97.7 cm³/mol. The first-order valence-corrected chi connectivity index (χ1v) is 9.73. The van der Waals surface area contributed by atoms with Gasteiger partial charge in [0.25, 0.3) is 0 Å². The van der Waals surface area contributed by atoms with Crippen molar-refractivity contribution in [2.24, 2.45) is 11.3 Å². The minimum Gasteiger partial charge on any atom is -0.396 e. The smallest absolute Gasteiger partial charge is 0.0778 e. The van der Waals surface area contributed by atoms with Gasteiger partial charge in [-0.3, -0.25) is 4.90 Å². The third-order valence-corrected chi connectivity index (χ3v) is 6.52. The van der Waals surface area contributed by atoms with E-state index in [2.05, 4.69) is 42.2 Å². The third kappa shape index (κ3) is 3.26. The molecule has 0 amide bonds. The molecule has 3 heteroatoms. The summed E-state index contributed by atoms with van der Waals surface area (Å²) in [6.07, 6.45) is 7.45. The Balaban J connectivity index is 1.77. The first kappa shape index (κ1) is 17.9. The Labute approximate surface area is 146 Å². The van der Waals surface area contributed by atoms with Crippen molar-refractivity contribution < 1.29 is 10.2 Å². The predicted octanol–water partition coefficient (Wildman–Crippen LogP) is 3.59. The van der Waals surface area contributed by atoms with Crippen LogP contribution in [0.1, 0.15) is 57.4 Å². The van der Waals surface area contributed by atoms with Crippen molar-refractivity contribution in [1.29, 1.82) is 0 Å². The van der Waals surface area contributed by atoms with Crippen LogP contribution in [0.25, 0.3) is 0 Å². The van der Waals surface area contributed by atoms with Crippen LogP contribution in [-0.4, -0.2) is 40.4 Å². The maximum atomic E-state index is 11.6. The van der Waals surface area contributed by atoms with Crippen molar-refractivity contribution >= 4 is 0 Å². The molecule has 2 bridgehead atoms. The van der Waals surface area contributed by atoms with Crippen LogP contribution >= 0.6 is 0 Å². The van der Waals surface area contributed by atoms with Gasteiger partial charge in [-0.1, -0.05) is 62.9 Å². The van der Waals surface area contributed by atoms with Gasteiger partial charge >= 0.3 is 0 Å². The van der Waals surface area contributed by atoms with E-state index in [0.29, 0.717) is 5.92 Å². The molecule has 1 aliphatic carbocycles. The lowest BCUT2D eigenvalue weighted by Gasteiger charge is -2.60. The number of hydrogen-bond acceptors (Lipinski definition) is 3. The largest absolute Gasteiger partial charge is 0.396 e. The van der Waals surface area contributed by atoms with Crippen LogP contribution < -0.4 is 0 Å². The summed E-state index contributed by atoms with van der Waals surface area (Å²) in [5.74, 6) is 0.299. The molecule has 2 aliphatic rings. The monoisotopic (exact) mass is 331 g/mol. The van der Waals surface area contributed by atoms with Gasteiger partial charge in [0.1, 0.15) is 0 Å². The highest BCUT2D eigenvalue weighted by Crippen LogP contribution is 2.53. The van der Waals surface area contributed by atoms with Crippen LogP contribution in [0, 0.1) is 11.3 Å². The SMILES string of the molecule is CCCCCC1(O)C2CCCC1(CO)CN(Cc1ccccc1)C2. The van der Waals surface area contributed by atoms with Crippen LogP contribution in [0.15, 0.2) is 30.3 Å². The Morgan fingerprint density at radius 2 is 2.00 bits per heavy atom. The van der Waals surface area contributed by atoms with Gasteiger partial charge < -0.3 is 10.2 Å². The topological polar surface area (TPSA) is 43.7 Å². The van der Waals surface area contributed by atoms with E-state index in [4.69, 9.17) is 0 Å². The number of hydrogen-bond donors (Lipinski definition) is 2. The Bertz CT molecular complexity index is 520. The first-order chi connectivity index (χ1) is 11.6. The van der Waals surface area contributed by atoms with Crippen molar-refractivity contribution in [2.45, 2.75) is 64.0 Å². The van der Waals surface area contributed by atoms with Gasteiger partial charge in [0.2, 0.25) is 0 Å². The molecular weight excluding hydrogens is 298 g/mol. The van der Waals surface area contributed by atoms with Crippen LogP contribution in [-0.2, 0) is 6.54 Å². The summed E-state index contributed by atoms with van der Waals surface area (Å²) in [4.78, 5) is 2.46. The highest BCUT2D eigenvalue weighted by Gasteiger charge is 2.59. The van der Waals surface area contributed by atoms with E-state index in [-0.39, 0.29) is 12.0 Å². The fraction of sp³-hybridized carbons (Fsp3) is 0.714. The number of piperidine rings is 1. The quantitative estimate of drug-likeness (QED) is 0.751. The molecular formula is C21H33NO2. The van der Waals surface area contributed by atoms with Crippen molar-refractivity contribution in [3.63, 3.8) is 0 Å². The molecule has 0 aromatic heterocycles. The zero-order chi connectivity index (χ0) is 17.0. The van der Waals surface area contributed by atoms with E-state index in [0.717, 1.165) is 51.7 Å². The molecule has 24 heavy (non-hydrogen) atoms. The Hall–Kier alpha value is -0.900. The number of unbranched alkanes of at least 4 members (excludes halogenated alkanes) is 2. The molecule has 3 rings (SSSR count). The van der Waals surface area contributed by atoms with Gasteiger partial charge in [-0.25, -0.2) is 0 Å². The van der Waals surface area contributed by atoms with Crippen molar-refractivity contribution in [3.05, 3.63) is 35.9 Å². The van der Waals surface area contributed by atoms with Crippen LogP contribution in [0.3, 0.4) is 0 Å². The first-order valence-electron chi connectivity index (χ1n) is 9.73. The van der Waals surface area contributed by atoms with Crippen molar-refractivity contribution in [2.75, 3.05) is 19.7 Å². The van der Waals surface area contributed by atoms with E-state index in [9.17, 15) is 10.2 Å². The molecule has 1 saturated carbocycles. The molecule has 2 fully saturated rings. The minimum atomic E-state index is -0.678. The van der Waals surface area contributed by atoms with Gasteiger partial charge in [-0.2, -0.15) is 0 Å². The lowest BCUT2D eigenvalue weighted by atomic mass is 9.54. The van der Waals surface area contributed by atoms with Crippen molar-refractivity contribution in [3.8, 4) is 0 Å². The van der Waals surface area contributed by atoms with Crippen molar-refractivity contribution in [1.82, 2.24) is 4.90 Å². The number of fused-ring (bicyclic) bond motifs is 2.